The van der Waals surface area contributed by atoms with Crippen LogP contribution in [0.15, 0.2) is 39.4 Å². The van der Waals surface area contributed by atoms with E-state index in [0.717, 1.165) is 17.4 Å². The maximum absolute atomic E-state index is 5.96. The minimum atomic E-state index is 0.408. The fourth-order valence-corrected chi connectivity index (χ4v) is 3.08. The van der Waals surface area contributed by atoms with Crippen LogP contribution in [0, 0.1) is 0 Å². The molecular formula is C14H14ClN3O2S. The normalized spacial score (nSPS) is 11.4. The number of hydrogen-bond acceptors (Lipinski definition) is 6. The van der Waals surface area contributed by atoms with Crippen LogP contribution in [0.3, 0.4) is 0 Å². The lowest BCUT2D eigenvalue weighted by Crippen LogP contribution is -2.21. The van der Waals surface area contributed by atoms with Gasteiger partial charge in [0.1, 0.15) is 0 Å². The summed E-state index contributed by atoms with van der Waals surface area (Å²) in [6.45, 7) is 4.39. The van der Waals surface area contributed by atoms with Gasteiger partial charge in [-0.15, -0.1) is 21.5 Å². The Hall–Kier alpha value is -1.63. The second-order valence-electron chi connectivity index (χ2n) is 4.49. The summed E-state index contributed by atoms with van der Waals surface area (Å²) in [4.78, 5) is 3.43. The number of thiophene rings is 1. The van der Waals surface area contributed by atoms with E-state index in [4.69, 9.17) is 20.4 Å². The van der Waals surface area contributed by atoms with Gasteiger partial charge < -0.3 is 8.83 Å². The fraction of sp³-hybridized carbons (Fsp3) is 0.286. The maximum atomic E-state index is 5.96. The summed E-state index contributed by atoms with van der Waals surface area (Å²) in [5.74, 6) is 1.57. The van der Waals surface area contributed by atoms with Crippen LogP contribution in [0.1, 0.15) is 17.7 Å². The van der Waals surface area contributed by atoms with Crippen LogP contribution < -0.4 is 0 Å². The molecular weight excluding hydrogens is 310 g/mol. The molecule has 3 heterocycles. The predicted octanol–water partition coefficient (Wildman–Crippen LogP) is 4.07. The minimum Gasteiger partial charge on any atom is -0.459 e. The van der Waals surface area contributed by atoms with Gasteiger partial charge in [-0.3, -0.25) is 4.90 Å². The zero-order valence-electron chi connectivity index (χ0n) is 11.5. The van der Waals surface area contributed by atoms with Crippen LogP contribution in [-0.2, 0) is 13.1 Å². The molecule has 0 bridgehead atoms. The second-order valence-corrected chi connectivity index (χ2v) is 6.29. The molecule has 21 heavy (non-hydrogen) atoms. The van der Waals surface area contributed by atoms with Crippen LogP contribution >= 0.6 is 22.9 Å². The standard InChI is InChI=1S/C14H14ClN3O2S/c1-2-18(8-10-5-6-12(15)21-10)9-13-16-17-14(20-13)11-4-3-7-19-11/h3-7H,2,8-9H2,1H3. The van der Waals surface area contributed by atoms with Gasteiger partial charge in [0, 0.05) is 11.4 Å². The van der Waals surface area contributed by atoms with Crippen LogP contribution in [0.5, 0.6) is 0 Å². The minimum absolute atomic E-state index is 0.408. The highest BCUT2D eigenvalue weighted by Gasteiger charge is 2.14. The lowest BCUT2D eigenvalue weighted by molar-refractivity contribution is 0.245. The number of rotatable bonds is 6. The summed E-state index contributed by atoms with van der Waals surface area (Å²) < 4.78 is 11.7. The Labute approximate surface area is 131 Å². The third-order valence-electron chi connectivity index (χ3n) is 3.01. The molecule has 0 aliphatic carbocycles. The van der Waals surface area contributed by atoms with Crippen molar-refractivity contribution in [2.45, 2.75) is 20.0 Å². The molecule has 0 aliphatic heterocycles. The van der Waals surface area contributed by atoms with Gasteiger partial charge in [-0.1, -0.05) is 18.5 Å². The van der Waals surface area contributed by atoms with Gasteiger partial charge in [-0.25, -0.2) is 0 Å². The van der Waals surface area contributed by atoms with Crippen molar-refractivity contribution in [3.63, 3.8) is 0 Å². The predicted molar refractivity (Wildman–Crippen MR) is 81.1 cm³/mol. The largest absolute Gasteiger partial charge is 0.459 e. The van der Waals surface area contributed by atoms with E-state index in [1.165, 1.54) is 4.88 Å². The highest BCUT2D eigenvalue weighted by Crippen LogP contribution is 2.23. The van der Waals surface area contributed by atoms with E-state index in [9.17, 15) is 0 Å². The van der Waals surface area contributed by atoms with Crippen molar-refractivity contribution < 1.29 is 8.83 Å². The van der Waals surface area contributed by atoms with Gasteiger partial charge >= 0.3 is 0 Å². The van der Waals surface area contributed by atoms with E-state index in [1.807, 2.05) is 12.1 Å². The van der Waals surface area contributed by atoms with Crippen molar-refractivity contribution >= 4 is 22.9 Å². The maximum Gasteiger partial charge on any atom is 0.283 e. The molecule has 7 heteroatoms. The number of halogens is 1. The first-order valence-electron chi connectivity index (χ1n) is 6.57. The average molecular weight is 324 g/mol. The highest BCUT2D eigenvalue weighted by atomic mass is 35.5. The van der Waals surface area contributed by atoms with Crippen molar-refractivity contribution in [3.05, 3.63) is 45.6 Å². The topological polar surface area (TPSA) is 55.3 Å². The third kappa shape index (κ3) is 3.53. The van der Waals surface area contributed by atoms with E-state index in [0.29, 0.717) is 24.1 Å². The molecule has 0 spiro atoms. The SMILES string of the molecule is CCN(Cc1nnc(-c2ccco2)o1)Cc1ccc(Cl)s1. The van der Waals surface area contributed by atoms with Crippen LogP contribution in [0.4, 0.5) is 0 Å². The molecule has 3 aromatic rings. The Bertz CT molecular complexity index is 693. The first-order valence-corrected chi connectivity index (χ1v) is 7.77. The lowest BCUT2D eigenvalue weighted by Gasteiger charge is -2.16. The molecule has 5 nitrogen and oxygen atoms in total. The molecule has 0 aliphatic rings. The van der Waals surface area contributed by atoms with E-state index >= 15 is 0 Å². The fourth-order valence-electron chi connectivity index (χ4n) is 1.95. The second kappa shape index (κ2) is 6.43. The molecule has 0 radical (unpaired) electrons. The molecule has 0 unspecified atom stereocenters. The van der Waals surface area contributed by atoms with Gasteiger partial charge in [0.25, 0.3) is 5.89 Å². The number of nitrogens with zero attached hydrogens (tertiary/aromatic N) is 3. The Kier molecular flexibility index (Phi) is 4.38. The Morgan fingerprint density at radius 3 is 2.81 bits per heavy atom. The summed E-state index contributed by atoms with van der Waals surface area (Å²) in [6, 6.07) is 7.54. The first-order chi connectivity index (χ1) is 10.2. The Morgan fingerprint density at radius 2 is 2.14 bits per heavy atom. The zero-order chi connectivity index (χ0) is 14.7. The summed E-state index contributed by atoms with van der Waals surface area (Å²) in [7, 11) is 0. The monoisotopic (exact) mass is 323 g/mol. The summed E-state index contributed by atoms with van der Waals surface area (Å²) in [5.41, 5.74) is 0. The van der Waals surface area contributed by atoms with E-state index < -0.39 is 0 Å². The lowest BCUT2D eigenvalue weighted by atomic mass is 10.4. The summed E-state index contributed by atoms with van der Waals surface area (Å²) in [5, 5.41) is 8.07. The van der Waals surface area contributed by atoms with Gasteiger partial charge in [-0.05, 0) is 30.8 Å². The van der Waals surface area contributed by atoms with Crippen LogP contribution in [0.25, 0.3) is 11.7 Å². The molecule has 0 saturated carbocycles. The van der Waals surface area contributed by atoms with Crippen molar-refractivity contribution in [1.82, 2.24) is 15.1 Å². The van der Waals surface area contributed by atoms with E-state index in [2.05, 4.69) is 22.0 Å². The molecule has 0 saturated heterocycles. The molecule has 3 rings (SSSR count). The Morgan fingerprint density at radius 1 is 1.24 bits per heavy atom. The molecule has 3 aromatic heterocycles. The zero-order valence-corrected chi connectivity index (χ0v) is 13.0. The third-order valence-corrected chi connectivity index (χ3v) is 4.23. The van der Waals surface area contributed by atoms with Gasteiger partial charge in [0.05, 0.1) is 17.1 Å². The van der Waals surface area contributed by atoms with Crippen molar-refractivity contribution in [3.8, 4) is 11.7 Å². The number of furan rings is 1. The van der Waals surface area contributed by atoms with Crippen LogP contribution in [0.2, 0.25) is 4.34 Å². The van der Waals surface area contributed by atoms with Gasteiger partial charge in [-0.2, -0.15) is 0 Å². The van der Waals surface area contributed by atoms with E-state index in [-0.39, 0.29) is 0 Å². The van der Waals surface area contributed by atoms with E-state index in [1.54, 1.807) is 29.7 Å². The molecule has 0 amide bonds. The van der Waals surface area contributed by atoms with Crippen molar-refractivity contribution in [1.29, 1.82) is 0 Å². The molecule has 110 valence electrons. The highest BCUT2D eigenvalue weighted by molar-refractivity contribution is 7.16. The smallest absolute Gasteiger partial charge is 0.283 e. The molecule has 0 atom stereocenters. The summed E-state index contributed by atoms with van der Waals surface area (Å²) >= 11 is 7.54. The van der Waals surface area contributed by atoms with Crippen molar-refractivity contribution in [2.75, 3.05) is 6.54 Å². The number of hydrogen-bond donors (Lipinski definition) is 0. The van der Waals surface area contributed by atoms with Crippen molar-refractivity contribution in [2.24, 2.45) is 0 Å². The van der Waals surface area contributed by atoms with Crippen LogP contribution in [-0.4, -0.2) is 21.6 Å². The Balaban J connectivity index is 1.66. The first kappa shape index (κ1) is 14.3. The van der Waals surface area contributed by atoms with Gasteiger partial charge in [0.2, 0.25) is 5.89 Å². The average Bonchev–Trinajstić information content (AvgIpc) is 3.19. The molecule has 0 aromatic carbocycles. The number of aromatic nitrogens is 2. The molecule has 0 N–H and O–H groups in total. The quantitative estimate of drug-likeness (QED) is 0.684. The molecule has 0 fully saturated rings. The summed E-state index contributed by atoms with van der Waals surface area (Å²) in [6.07, 6.45) is 1.58. The van der Waals surface area contributed by atoms with Gasteiger partial charge in [0.15, 0.2) is 5.76 Å².